The minimum absolute atomic E-state index is 0.0382. The molecule has 244 valence electrons. The largest absolute Gasteiger partial charge is 0.487 e. The van der Waals surface area contributed by atoms with E-state index in [1.54, 1.807) is 18.5 Å². The number of nitrogens with zero attached hydrogens (tertiary/aromatic N) is 1. The van der Waals surface area contributed by atoms with Crippen molar-refractivity contribution in [1.82, 2.24) is 4.98 Å². The number of carbonyl (C=O) groups is 2. The zero-order valence-electron chi connectivity index (χ0n) is 28.8. The normalized spacial score (nSPS) is 16.4. The van der Waals surface area contributed by atoms with Crippen LogP contribution in [0.4, 0.5) is 0 Å². The molecule has 1 aliphatic heterocycles. The van der Waals surface area contributed by atoms with Gasteiger partial charge in [0, 0.05) is 23.5 Å². The summed E-state index contributed by atoms with van der Waals surface area (Å²) >= 11 is 0. The van der Waals surface area contributed by atoms with Gasteiger partial charge in [-0.1, -0.05) is 41.0 Å². The van der Waals surface area contributed by atoms with Crippen molar-refractivity contribution in [3.05, 3.63) is 87.3 Å². The number of aromatic nitrogens is 1. The molecule has 0 amide bonds. The van der Waals surface area contributed by atoms with Crippen molar-refractivity contribution in [1.29, 1.82) is 0 Å². The van der Waals surface area contributed by atoms with E-state index >= 15 is 0 Å². The molecule has 6 heteroatoms. The topological polar surface area (TPSA) is 74.7 Å². The van der Waals surface area contributed by atoms with E-state index < -0.39 is 11.9 Å². The summed E-state index contributed by atoms with van der Waals surface area (Å²) in [6.07, 6.45) is 18.4. The van der Waals surface area contributed by atoms with E-state index in [1.807, 2.05) is 26.8 Å². The molecule has 0 spiro atoms. The van der Waals surface area contributed by atoms with Crippen LogP contribution in [-0.2, 0) is 27.4 Å². The van der Waals surface area contributed by atoms with E-state index in [2.05, 4.69) is 57.8 Å². The lowest BCUT2D eigenvalue weighted by Gasteiger charge is -2.38. The Balaban J connectivity index is 1.52. The van der Waals surface area contributed by atoms with Crippen LogP contribution in [0.15, 0.2) is 59.5 Å². The van der Waals surface area contributed by atoms with E-state index in [-0.39, 0.29) is 25.0 Å². The van der Waals surface area contributed by atoms with Gasteiger partial charge in [-0.3, -0.25) is 14.6 Å². The molecule has 45 heavy (non-hydrogen) atoms. The molecule has 0 N–H and O–H groups in total. The second-order valence-corrected chi connectivity index (χ2v) is 13.1. The van der Waals surface area contributed by atoms with Crippen molar-refractivity contribution in [3.8, 4) is 11.5 Å². The quantitative estimate of drug-likeness (QED) is 0.113. The summed E-state index contributed by atoms with van der Waals surface area (Å²) in [5.74, 6) is 0.608. The first-order chi connectivity index (χ1) is 21.4. The number of carbonyl (C=O) groups excluding carboxylic acids is 2. The molecule has 0 saturated heterocycles. The Morgan fingerprint density at radius 3 is 2.22 bits per heavy atom. The number of pyridine rings is 1. The smallest absolute Gasteiger partial charge is 0.311 e. The van der Waals surface area contributed by atoms with E-state index in [0.29, 0.717) is 5.75 Å². The monoisotopic (exact) mass is 615 g/mol. The van der Waals surface area contributed by atoms with Gasteiger partial charge in [0.25, 0.3) is 0 Å². The lowest BCUT2D eigenvalue weighted by molar-refractivity contribution is -0.148. The van der Waals surface area contributed by atoms with Gasteiger partial charge < -0.3 is 14.2 Å². The Bertz CT molecular complexity index is 1410. The van der Waals surface area contributed by atoms with Crippen LogP contribution in [0.2, 0.25) is 0 Å². The highest BCUT2D eigenvalue weighted by Crippen LogP contribution is 2.45. The Kier molecular flexibility index (Phi) is 13.6. The second kappa shape index (κ2) is 17.1. The molecule has 1 atom stereocenters. The standard InChI is InChI=1S/C39H53NO5/c1-27(2)13-9-14-28(3)15-10-16-29(4)17-11-22-39(8)23-21-34-32(7)37(30(5)31(6)38(34)45-39)44-36(42)20-19-35(41)43-26-33-18-12-24-40-25-33/h12-13,15,17-18,24-25H,9-11,14,16,19-23,26H2,1-8H3/b28-15+,29-17+/t39-/m1/s1. The number of hydrogen-bond acceptors (Lipinski definition) is 6. The molecule has 2 heterocycles. The fourth-order valence-electron chi connectivity index (χ4n) is 5.66. The Hall–Kier alpha value is -3.67. The lowest BCUT2D eigenvalue weighted by atomic mass is 9.85. The number of hydrogen-bond donors (Lipinski definition) is 0. The van der Waals surface area contributed by atoms with Crippen molar-refractivity contribution in [2.75, 3.05) is 0 Å². The summed E-state index contributed by atoms with van der Waals surface area (Å²) in [7, 11) is 0. The summed E-state index contributed by atoms with van der Waals surface area (Å²) < 4.78 is 17.8. The van der Waals surface area contributed by atoms with Gasteiger partial charge in [-0.2, -0.15) is 0 Å². The minimum atomic E-state index is -0.447. The Morgan fingerprint density at radius 1 is 0.889 bits per heavy atom. The molecule has 6 nitrogen and oxygen atoms in total. The molecule has 0 bridgehead atoms. The van der Waals surface area contributed by atoms with Gasteiger partial charge in [-0.25, -0.2) is 0 Å². The van der Waals surface area contributed by atoms with Gasteiger partial charge in [0.15, 0.2) is 0 Å². The van der Waals surface area contributed by atoms with Gasteiger partial charge in [-0.05, 0) is 130 Å². The van der Waals surface area contributed by atoms with Gasteiger partial charge >= 0.3 is 11.9 Å². The molecule has 1 aromatic carbocycles. The molecular weight excluding hydrogens is 562 g/mol. The first-order valence-electron chi connectivity index (χ1n) is 16.4. The van der Waals surface area contributed by atoms with Crippen LogP contribution in [0.25, 0.3) is 0 Å². The van der Waals surface area contributed by atoms with Gasteiger partial charge in [-0.15, -0.1) is 0 Å². The highest BCUT2D eigenvalue weighted by molar-refractivity contribution is 5.80. The van der Waals surface area contributed by atoms with E-state index in [0.717, 1.165) is 84.9 Å². The fourth-order valence-corrected chi connectivity index (χ4v) is 5.66. The van der Waals surface area contributed by atoms with Gasteiger partial charge in [0.1, 0.15) is 23.7 Å². The van der Waals surface area contributed by atoms with Crippen LogP contribution in [-0.4, -0.2) is 22.5 Å². The van der Waals surface area contributed by atoms with Crippen LogP contribution in [0.5, 0.6) is 11.5 Å². The first-order valence-corrected chi connectivity index (χ1v) is 16.4. The summed E-state index contributed by atoms with van der Waals surface area (Å²) in [6.45, 7) is 17.1. The molecule has 1 aliphatic rings. The van der Waals surface area contributed by atoms with Crippen LogP contribution in [0.1, 0.15) is 120 Å². The third-order valence-electron chi connectivity index (χ3n) is 8.72. The predicted octanol–water partition coefficient (Wildman–Crippen LogP) is 9.72. The SMILES string of the molecule is CC(C)=CCC/C(C)=C/CC/C(C)=C/CC[C@]1(C)CCc2c(C)c(OC(=O)CCC(=O)OCc3cccnc3)c(C)c(C)c2O1. The molecule has 0 radical (unpaired) electrons. The van der Waals surface area contributed by atoms with Crippen LogP contribution in [0, 0.1) is 20.8 Å². The van der Waals surface area contributed by atoms with Crippen molar-refractivity contribution >= 4 is 11.9 Å². The maximum absolute atomic E-state index is 12.7. The average Bonchev–Trinajstić information content (AvgIpc) is 3.00. The highest BCUT2D eigenvalue weighted by Gasteiger charge is 2.34. The molecule has 2 aromatic rings. The zero-order chi connectivity index (χ0) is 33.0. The number of ether oxygens (including phenoxy) is 3. The fraction of sp³-hybridized carbons (Fsp3) is 0.513. The molecule has 0 aliphatic carbocycles. The van der Waals surface area contributed by atoms with E-state index in [9.17, 15) is 9.59 Å². The van der Waals surface area contributed by atoms with Crippen molar-refractivity contribution in [3.63, 3.8) is 0 Å². The highest BCUT2D eigenvalue weighted by atomic mass is 16.5. The molecule has 0 unspecified atom stereocenters. The number of fused-ring (bicyclic) bond motifs is 1. The van der Waals surface area contributed by atoms with Crippen molar-refractivity contribution in [2.24, 2.45) is 0 Å². The first kappa shape index (κ1) is 35.8. The predicted molar refractivity (Wildman–Crippen MR) is 182 cm³/mol. The molecule has 0 saturated carbocycles. The summed E-state index contributed by atoms with van der Waals surface area (Å²) in [5, 5.41) is 0. The average molecular weight is 616 g/mol. The summed E-state index contributed by atoms with van der Waals surface area (Å²) in [4.78, 5) is 28.9. The zero-order valence-corrected chi connectivity index (χ0v) is 28.8. The van der Waals surface area contributed by atoms with Crippen molar-refractivity contribution < 1.29 is 23.8 Å². The molecule has 3 rings (SSSR count). The number of esters is 2. The van der Waals surface area contributed by atoms with Crippen LogP contribution in [0.3, 0.4) is 0 Å². The van der Waals surface area contributed by atoms with Gasteiger partial charge in [0.2, 0.25) is 0 Å². The Morgan fingerprint density at radius 2 is 1.56 bits per heavy atom. The van der Waals surface area contributed by atoms with Crippen molar-refractivity contribution in [2.45, 2.75) is 132 Å². The molecule has 1 aromatic heterocycles. The van der Waals surface area contributed by atoms with Gasteiger partial charge in [0.05, 0.1) is 12.8 Å². The number of rotatable bonds is 15. The molecule has 0 fully saturated rings. The summed E-state index contributed by atoms with van der Waals surface area (Å²) in [6, 6.07) is 3.62. The maximum atomic E-state index is 12.7. The summed E-state index contributed by atoms with van der Waals surface area (Å²) in [5.41, 5.74) is 8.77. The number of allylic oxidation sites excluding steroid dienone is 6. The lowest BCUT2D eigenvalue weighted by Crippen LogP contribution is -2.37. The van der Waals surface area contributed by atoms with Crippen LogP contribution < -0.4 is 9.47 Å². The second-order valence-electron chi connectivity index (χ2n) is 13.1. The Labute approximate surface area is 271 Å². The number of benzene rings is 1. The third-order valence-corrected chi connectivity index (χ3v) is 8.72. The third kappa shape index (κ3) is 11.3. The molecular formula is C39H53NO5. The van der Waals surface area contributed by atoms with E-state index in [4.69, 9.17) is 14.2 Å². The van der Waals surface area contributed by atoms with Crippen LogP contribution >= 0.6 is 0 Å². The maximum Gasteiger partial charge on any atom is 0.311 e. The van der Waals surface area contributed by atoms with E-state index in [1.165, 1.54) is 16.7 Å². The minimum Gasteiger partial charge on any atom is -0.487 e.